The highest BCUT2D eigenvalue weighted by molar-refractivity contribution is 5.94. The average molecular weight is 368 g/mol. The number of benzene rings is 2. The summed E-state index contributed by atoms with van der Waals surface area (Å²) in [5.41, 5.74) is 2.82. The van der Waals surface area contributed by atoms with E-state index < -0.39 is 0 Å². The van der Waals surface area contributed by atoms with Crippen LogP contribution in [0.3, 0.4) is 0 Å². The zero-order valence-corrected chi connectivity index (χ0v) is 16.5. The van der Waals surface area contributed by atoms with Crippen molar-refractivity contribution in [2.24, 2.45) is 4.99 Å². The fourth-order valence-corrected chi connectivity index (χ4v) is 2.79. The molecule has 2 aromatic carbocycles. The average Bonchev–Trinajstić information content (AvgIpc) is 2.68. The van der Waals surface area contributed by atoms with E-state index in [2.05, 4.69) is 15.6 Å². The number of nitrogens with zero attached hydrogens (tertiary/aromatic N) is 2. The summed E-state index contributed by atoms with van der Waals surface area (Å²) in [6.45, 7) is 3.73. The molecule has 2 rings (SSSR count). The van der Waals surface area contributed by atoms with Gasteiger partial charge in [-0.15, -0.1) is 0 Å². The zero-order chi connectivity index (χ0) is 19.6. The van der Waals surface area contributed by atoms with Gasteiger partial charge in [0.25, 0.3) is 5.91 Å². The quantitative estimate of drug-likeness (QED) is 0.448. The number of guanidine groups is 1. The molecule has 0 aliphatic carbocycles. The Bertz CT molecular complexity index is 789. The lowest BCUT2D eigenvalue weighted by molar-refractivity contribution is 0.0954. The van der Waals surface area contributed by atoms with Crippen LogP contribution in [0.1, 0.15) is 21.5 Å². The van der Waals surface area contributed by atoms with Crippen molar-refractivity contribution in [3.63, 3.8) is 0 Å². The normalized spacial score (nSPS) is 11.0. The van der Waals surface area contributed by atoms with E-state index in [1.165, 1.54) is 0 Å². The summed E-state index contributed by atoms with van der Waals surface area (Å²) in [6, 6.07) is 15.5. The van der Waals surface area contributed by atoms with Crippen LogP contribution in [0.2, 0.25) is 0 Å². The second-order valence-electron chi connectivity index (χ2n) is 6.27. The first-order valence-electron chi connectivity index (χ1n) is 8.93. The van der Waals surface area contributed by atoms with Gasteiger partial charge in [0.1, 0.15) is 5.75 Å². The van der Waals surface area contributed by atoms with Crippen LogP contribution in [-0.4, -0.2) is 51.1 Å². The predicted octanol–water partition coefficient (Wildman–Crippen LogP) is 2.44. The van der Waals surface area contributed by atoms with E-state index in [4.69, 9.17) is 4.74 Å². The highest BCUT2D eigenvalue weighted by Crippen LogP contribution is 2.18. The predicted molar refractivity (Wildman–Crippen MR) is 109 cm³/mol. The molecule has 6 nitrogen and oxygen atoms in total. The molecule has 0 saturated heterocycles. The van der Waals surface area contributed by atoms with Gasteiger partial charge in [-0.1, -0.05) is 35.9 Å². The molecule has 0 spiro atoms. The van der Waals surface area contributed by atoms with E-state index in [9.17, 15) is 4.79 Å². The number of rotatable bonds is 7. The zero-order valence-electron chi connectivity index (χ0n) is 16.5. The maximum absolute atomic E-state index is 12.2. The molecule has 0 atom stereocenters. The maximum atomic E-state index is 12.2. The molecule has 0 saturated carbocycles. The van der Waals surface area contributed by atoms with Gasteiger partial charge in [0, 0.05) is 44.9 Å². The van der Waals surface area contributed by atoms with E-state index in [1.54, 1.807) is 14.2 Å². The molecule has 0 heterocycles. The number of hydrogen-bond donors (Lipinski definition) is 2. The second-order valence-corrected chi connectivity index (χ2v) is 6.27. The molecule has 0 unspecified atom stereocenters. The number of carbonyl (C=O) groups is 1. The lowest BCUT2D eigenvalue weighted by atomic mass is 10.1. The molecule has 0 fully saturated rings. The molecule has 0 bridgehead atoms. The number of hydrogen-bond acceptors (Lipinski definition) is 3. The molecule has 6 heteroatoms. The Morgan fingerprint density at radius 2 is 1.85 bits per heavy atom. The third-order valence-electron chi connectivity index (χ3n) is 4.15. The minimum absolute atomic E-state index is 0.0714. The Labute approximate surface area is 161 Å². The van der Waals surface area contributed by atoms with Gasteiger partial charge in [0.15, 0.2) is 5.96 Å². The van der Waals surface area contributed by atoms with Gasteiger partial charge in [-0.3, -0.25) is 9.79 Å². The SMILES string of the molecule is CN=C(NCCNC(=O)c1cccc(C)c1)N(C)Cc1ccccc1OC. The van der Waals surface area contributed by atoms with Crippen molar-refractivity contribution in [2.75, 3.05) is 34.3 Å². The van der Waals surface area contributed by atoms with Crippen molar-refractivity contribution in [2.45, 2.75) is 13.5 Å². The van der Waals surface area contributed by atoms with Crippen molar-refractivity contribution in [1.29, 1.82) is 0 Å². The molecular formula is C21H28N4O2. The largest absolute Gasteiger partial charge is 0.496 e. The molecule has 0 radical (unpaired) electrons. The molecule has 2 N–H and O–H groups in total. The van der Waals surface area contributed by atoms with Crippen molar-refractivity contribution >= 4 is 11.9 Å². The summed E-state index contributed by atoms with van der Waals surface area (Å²) in [7, 11) is 5.38. The Morgan fingerprint density at radius 3 is 2.56 bits per heavy atom. The molecular weight excluding hydrogens is 340 g/mol. The molecule has 0 aliphatic rings. The summed E-state index contributed by atoms with van der Waals surface area (Å²) in [5, 5.41) is 6.18. The number of para-hydroxylation sites is 1. The minimum atomic E-state index is -0.0714. The molecule has 27 heavy (non-hydrogen) atoms. The molecule has 0 aliphatic heterocycles. The molecule has 1 amide bonds. The Morgan fingerprint density at radius 1 is 1.11 bits per heavy atom. The van der Waals surface area contributed by atoms with Gasteiger partial charge in [0.2, 0.25) is 0 Å². The van der Waals surface area contributed by atoms with Crippen LogP contribution >= 0.6 is 0 Å². The summed E-state index contributed by atoms with van der Waals surface area (Å²) >= 11 is 0. The maximum Gasteiger partial charge on any atom is 0.251 e. The number of nitrogens with one attached hydrogen (secondary N) is 2. The number of aliphatic imine (C=N–C) groups is 1. The van der Waals surface area contributed by atoms with Gasteiger partial charge in [-0.25, -0.2) is 0 Å². The van der Waals surface area contributed by atoms with Crippen LogP contribution in [-0.2, 0) is 6.54 Å². The Kier molecular flexibility index (Phi) is 7.67. The van der Waals surface area contributed by atoms with Gasteiger partial charge >= 0.3 is 0 Å². The topological polar surface area (TPSA) is 66.0 Å². The Balaban J connectivity index is 1.82. The summed E-state index contributed by atoms with van der Waals surface area (Å²) < 4.78 is 5.40. The highest BCUT2D eigenvalue weighted by Gasteiger charge is 2.10. The first-order chi connectivity index (χ1) is 13.0. The van der Waals surface area contributed by atoms with Crippen molar-refractivity contribution < 1.29 is 9.53 Å². The third-order valence-corrected chi connectivity index (χ3v) is 4.15. The molecule has 2 aromatic rings. The second kappa shape index (κ2) is 10.2. The van der Waals surface area contributed by atoms with E-state index in [1.807, 2.05) is 67.4 Å². The van der Waals surface area contributed by atoms with Crippen molar-refractivity contribution in [3.05, 3.63) is 65.2 Å². The fourth-order valence-electron chi connectivity index (χ4n) is 2.79. The molecule has 144 valence electrons. The lowest BCUT2D eigenvalue weighted by Gasteiger charge is -2.23. The summed E-state index contributed by atoms with van der Waals surface area (Å²) in [6.07, 6.45) is 0. The van der Waals surface area contributed by atoms with Gasteiger partial charge < -0.3 is 20.3 Å². The van der Waals surface area contributed by atoms with E-state index >= 15 is 0 Å². The minimum Gasteiger partial charge on any atom is -0.496 e. The van der Waals surface area contributed by atoms with Crippen LogP contribution < -0.4 is 15.4 Å². The van der Waals surface area contributed by atoms with Crippen molar-refractivity contribution in [3.8, 4) is 5.75 Å². The van der Waals surface area contributed by atoms with Crippen LogP contribution in [0, 0.1) is 6.92 Å². The van der Waals surface area contributed by atoms with Gasteiger partial charge in [-0.2, -0.15) is 0 Å². The van der Waals surface area contributed by atoms with E-state index in [0.29, 0.717) is 25.2 Å². The monoisotopic (exact) mass is 368 g/mol. The first-order valence-corrected chi connectivity index (χ1v) is 8.93. The van der Waals surface area contributed by atoms with Gasteiger partial charge in [-0.05, 0) is 25.1 Å². The lowest BCUT2D eigenvalue weighted by Crippen LogP contribution is -2.42. The smallest absolute Gasteiger partial charge is 0.251 e. The van der Waals surface area contributed by atoms with Crippen LogP contribution in [0.15, 0.2) is 53.5 Å². The van der Waals surface area contributed by atoms with Crippen LogP contribution in [0.25, 0.3) is 0 Å². The standard InChI is InChI=1S/C21H28N4O2/c1-16-8-7-10-17(14-16)20(26)23-12-13-24-21(22-2)25(3)15-18-9-5-6-11-19(18)27-4/h5-11,14H,12-13,15H2,1-4H3,(H,22,24)(H,23,26). The first kappa shape index (κ1) is 20.3. The highest BCUT2D eigenvalue weighted by atomic mass is 16.5. The summed E-state index contributed by atoms with van der Waals surface area (Å²) in [5.74, 6) is 1.54. The Hall–Kier alpha value is -3.02. The number of methoxy groups -OCH3 is 1. The number of amides is 1. The van der Waals surface area contributed by atoms with E-state index in [0.717, 1.165) is 22.8 Å². The number of ether oxygens (including phenoxy) is 1. The van der Waals surface area contributed by atoms with Gasteiger partial charge in [0.05, 0.1) is 7.11 Å². The molecule has 0 aromatic heterocycles. The summed E-state index contributed by atoms with van der Waals surface area (Å²) in [4.78, 5) is 18.5. The van der Waals surface area contributed by atoms with Crippen LogP contribution in [0.5, 0.6) is 5.75 Å². The van der Waals surface area contributed by atoms with Crippen molar-refractivity contribution in [1.82, 2.24) is 15.5 Å². The number of carbonyl (C=O) groups excluding carboxylic acids is 1. The third kappa shape index (κ3) is 6.02. The van der Waals surface area contributed by atoms with E-state index in [-0.39, 0.29) is 5.91 Å². The fraction of sp³-hybridized carbons (Fsp3) is 0.333. The number of aryl methyl sites for hydroxylation is 1. The van der Waals surface area contributed by atoms with Crippen LogP contribution in [0.4, 0.5) is 0 Å².